The summed E-state index contributed by atoms with van der Waals surface area (Å²) >= 11 is 6.03. The van der Waals surface area contributed by atoms with Crippen LogP contribution in [0.25, 0.3) is 11.0 Å². The molecule has 1 aromatic carbocycles. The van der Waals surface area contributed by atoms with E-state index in [9.17, 15) is 4.79 Å². The van der Waals surface area contributed by atoms with Gasteiger partial charge < -0.3 is 10.3 Å². The number of hydrogen-bond acceptors (Lipinski definition) is 3. The lowest BCUT2D eigenvalue weighted by atomic mass is 10.1. The highest BCUT2D eigenvalue weighted by atomic mass is 35.5. The van der Waals surface area contributed by atoms with E-state index in [0.717, 1.165) is 25.0 Å². The van der Waals surface area contributed by atoms with Crippen molar-refractivity contribution in [3.05, 3.63) is 23.2 Å². The molecule has 3 N–H and O–H groups in total. The van der Waals surface area contributed by atoms with Crippen molar-refractivity contribution >= 4 is 34.5 Å². The van der Waals surface area contributed by atoms with Gasteiger partial charge in [0.2, 0.25) is 11.9 Å². The molecule has 18 heavy (non-hydrogen) atoms. The number of carbonyl (C=O) groups is 1. The van der Waals surface area contributed by atoms with Gasteiger partial charge >= 0.3 is 0 Å². The predicted molar refractivity (Wildman–Crippen MR) is 70.7 cm³/mol. The van der Waals surface area contributed by atoms with Crippen molar-refractivity contribution in [2.45, 2.75) is 6.42 Å². The number of nitrogens with zero attached hydrogens (tertiary/aromatic N) is 1. The molecule has 1 fully saturated rings. The number of hydrogen-bond donors (Lipinski definition) is 3. The molecule has 6 heteroatoms. The number of para-hydroxylation sites is 1. The zero-order chi connectivity index (χ0) is 12.5. The molecular weight excluding hydrogens is 252 g/mol. The number of halogens is 1. The fourth-order valence-corrected chi connectivity index (χ4v) is 2.37. The Morgan fingerprint density at radius 3 is 3.11 bits per heavy atom. The normalized spacial score (nSPS) is 19.3. The summed E-state index contributed by atoms with van der Waals surface area (Å²) in [6, 6.07) is 5.49. The molecule has 1 aromatic heterocycles. The maximum atomic E-state index is 11.9. The van der Waals surface area contributed by atoms with Gasteiger partial charge in [-0.2, -0.15) is 0 Å². The van der Waals surface area contributed by atoms with Gasteiger partial charge in [-0.1, -0.05) is 17.7 Å². The van der Waals surface area contributed by atoms with Crippen LogP contribution in [0.4, 0.5) is 5.95 Å². The Hall–Kier alpha value is -1.59. The Morgan fingerprint density at radius 1 is 1.50 bits per heavy atom. The third-order valence-corrected chi connectivity index (χ3v) is 3.44. The van der Waals surface area contributed by atoms with E-state index in [-0.39, 0.29) is 11.8 Å². The summed E-state index contributed by atoms with van der Waals surface area (Å²) in [5, 5.41) is 6.53. The monoisotopic (exact) mass is 264 g/mol. The number of amides is 1. The smallest absolute Gasteiger partial charge is 0.231 e. The largest absolute Gasteiger partial charge is 0.324 e. The molecule has 94 valence electrons. The first-order chi connectivity index (χ1) is 8.74. The van der Waals surface area contributed by atoms with Crippen molar-refractivity contribution in [3.63, 3.8) is 0 Å². The minimum Gasteiger partial charge on any atom is -0.324 e. The highest BCUT2D eigenvalue weighted by molar-refractivity contribution is 6.35. The molecule has 1 saturated heterocycles. The van der Waals surface area contributed by atoms with Crippen molar-refractivity contribution in [2.75, 3.05) is 18.4 Å². The van der Waals surface area contributed by atoms with Crippen molar-refractivity contribution in [2.24, 2.45) is 5.92 Å². The van der Waals surface area contributed by atoms with Gasteiger partial charge in [0, 0.05) is 6.54 Å². The molecule has 0 radical (unpaired) electrons. The molecule has 1 amide bonds. The van der Waals surface area contributed by atoms with Crippen molar-refractivity contribution in [1.82, 2.24) is 15.3 Å². The summed E-state index contributed by atoms with van der Waals surface area (Å²) in [4.78, 5) is 19.3. The quantitative estimate of drug-likeness (QED) is 0.774. The fraction of sp³-hybridized carbons (Fsp3) is 0.333. The number of benzene rings is 1. The number of aromatic nitrogens is 2. The fourth-order valence-electron chi connectivity index (χ4n) is 2.15. The van der Waals surface area contributed by atoms with Crippen LogP contribution in [-0.4, -0.2) is 29.0 Å². The van der Waals surface area contributed by atoms with Crippen LogP contribution >= 0.6 is 11.6 Å². The second kappa shape index (κ2) is 4.59. The van der Waals surface area contributed by atoms with Crippen LogP contribution in [0.5, 0.6) is 0 Å². The van der Waals surface area contributed by atoms with Crippen LogP contribution in [-0.2, 0) is 4.79 Å². The Kier molecular flexibility index (Phi) is 2.93. The maximum Gasteiger partial charge on any atom is 0.231 e. The Balaban J connectivity index is 1.82. The zero-order valence-corrected chi connectivity index (χ0v) is 10.4. The third kappa shape index (κ3) is 2.07. The SMILES string of the molecule is O=C(Nc1nc2c(Cl)cccc2[nH]1)C1CCNC1. The number of imidazole rings is 1. The average Bonchev–Trinajstić information content (AvgIpc) is 2.97. The summed E-state index contributed by atoms with van der Waals surface area (Å²) in [6.45, 7) is 1.62. The topological polar surface area (TPSA) is 69.8 Å². The molecule has 5 nitrogen and oxygen atoms in total. The van der Waals surface area contributed by atoms with E-state index in [1.165, 1.54) is 0 Å². The van der Waals surface area contributed by atoms with Gasteiger partial charge in [-0.3, -0.25) is 10.1 Å². The standard InChI is InChI=1S/C12H13ClN4O/c13-8-2-1-3-9-10(8)16-12(15-9)17-11(18)7-4-5-14-6-7/h1-3,7,14H,4-6H2,(H2,15,16,17,18). The van der Waals surface area contributed by atoms with E-state index >= 15 is 0 Å². The van der Waals surface area contributed by atoms with Gasteiger partial charge in [-0.05, 0) is 25.1 Å². The molecule has 0 aliphatic carbocycles. The first-order valence-electron chi connectivity index (χ1n) is 5.90. The Morgan fingerprint density at radius 2 is 2.39 bits per heavy atom. The zero-order valence-electron chi connectivity index (χ0n) is 9.66. The van der Waals surface area contributed by atoms with Crippen LogP contribution in [0, 0.1) is 5.92 Å². The predicted octanol–water partition coefficient (Wildman–Crippen LogP) is 1.76. The molecule has 3 rings (SSSR count). The summed E-state index contributed by atoms with van der Waals surface area (Å²) in [6.07, 6.45) is 0.868. The molecule has 1 aliphatic heterocycles. The number of carbonyl (C=O) groups excluding carboxylic acids is 1. The van der Waals surface area contributed by atoms with Gasteiger partial charge in [0.25, 0.3) is 0 Å². The lowest BCUT2D eigenvalue weighted by Gasteiger charge is -2.06. The number of H-pyrrole nitrogens is 1. The Labute approximate surface area is 109 Å². The summed E-state index contributed by atoms with van der Waals surface area (Å²) < 4.78 is 0. The highest BCUT2D eigenvalue weighted by Gasteiger charge is 2.23. The minimum atomic E-state index is -0.00446. The number of rotatable bonds is 2. The van der Waals surface area contributed by atoms with E-state index in [1.54, 1.807) is 6.07 Å². The second-order valence-electron chi connectivity index (χ2n) is 4.40. The molecular formula is C12H13ClN4O. The van der Waals surface area contributed by atoms with Gasteiger partial charge in [-0.15, -0.1) is 0 Å². The molecule has 2 aromatic rings. The molecule has 0 saturated carbocycles. The molecule has 0 bridgehead atoms. The summed E-state index contributed by atoms with van der Waals surface area (Å²) in [5.41, 5.74) is 1.50. The van der Waals surface area contributed by atoms with Gasteiger partial charge in [0.1, 0.15) is 5.52 Å². The van der Waals surface area contributed by atoms with E-state index in [1.807, 2.05) is 12.1 Å². The van der Waals surface area contributed by atoms with Crippen LogP contribution in [0.1, 0.15) is 6.42 Å². The van der Waals surface area contributed by atoms with E-state index in [2.05, 4.69) is 20.6 Å². The van der Waals surface area contributed by atoms with Crippen LogP contribution in [0.2, 0.25) is 5.02 Å². The van der Waals surface area contributed by atoms with Gasteiger partial charge in [-0.25, -0.2) is 4.98 Å². The number of fused-ring (bicyclic) bond motifs is 1. The average molecular weight is 265 g/mol. The van der Waals surface area contributed by atoms with Gasteiger partial charge in [0.15, 0.2) is 0 Å². The highest BCUT2D eigenvalue weighted by Crippen LogP contribution is 2.22. The molecule has 0 spiro atoms. The second-order valence-corrected chi connectivity index (χ2v) is 4.81. The van der Waals surface area contributed by atoms with Crippen LogP contribution < -0.4 is 10.6 Å². The lowest BCUT2D eigenvalue weighted by Crippen LogP contribution is -2.25. The van der Waals surface area contributed by atoms with E-state index in [4.69, 9.17) is 11.6 Å². The van der Waals surface area contributed by atoms with Crippen LogP contribution in [0.3, 0.4) is 0 Å². The number of nitrogens with one attached hydrogen (secondary N) is 3. The van der Waals surface area contributed by atoms with Crippen molar-refractivity contribution in [1.29, 1.82) is 0 Å². The molecule has 1 atom stereocenters. The van der Waals surface area contributed by atoms with Gasteiger partial charge in [0.05, 0.1) is 16.5 Å². The van der Waals surface area contributed by atoms with E-state index in [0.29, 0.717) is 16.5 Å². The summed E-state index contributed by atoms with van der Waals surface area (Å²) in [7, 11) is 0. The minimum absolute atomic E-state index is 0.00446. The molecule has 1 unspecified atom stereocenters. The maximum absolute atomic E-state index is 11.9. The van der Waals surface area contributed by atoms with Crippen molar-refractivity contribution < 1.29 is 4.79 Å². The number of aromatic amines is 1. The van der Waals surface area contributed by atoms with Crippen LogP contribution in [0.15, 0.2) is 18.2 Å². The molecule has 1 aliphatic rings. The Bertz CT molecular complexity index is 589. The molecule has 2 heterocycles. The lowest BCUT2D eigenvalue weighted by molar-refractivity contribution is -0.119. The first kappa shape index (κ1) is 11.5. The number of anilines is 1. The first-order valence-corrected chi connectivity index (χ1v) is 6.27. The van der Waals surface area contributed by atoms with Crippen molar-refractivity contribution in [3.8, 4) is 0 Å². The summed E-state index contributed by atoms with van der Waals surface area (Å²) in [5.74, 6) is 0.471. The van der Waals surface area contributed by atoms with E-state index < -0.39 is 0 Å². The third-order valence-electron chi connectivity index (χ3n) is 3.14.